The Kier molecular flexibility index (Phi) is 5.49. The Labute approximate surface area is 138 Å². The largest absolute Gasteiger partial charge is 0.395 e. The fourth-order valence-corrected chi connectivity index (χ4v) is 3.47. The summed E-state index contributed by atoms with van der Waals surface area (Å²) in [4.78, 5) is 3.21. The molecule has 6 heteroatoms. The lowest BCUT2D eigenvalue weighted by molar-refractivity contribution is 0.244. The molecule has 0 aliphatic heterocycles. The maximum Gasteiger partial charge on any atom is 0.156 e. The summed E-state index contributed by atoms with van der Waals surface area (Å²) < 4.78 is 23.5. The lowest BCUT2D eigenvalue weighted by Gasteiger charge is -2.21. The van der Waals surface area contributed by atoms with Gasteiger partial charge in [0, 0.05) is 29.7 Å². The monoisotopic (exact) mass is 338 g/mol. The summed E-state index contributed by atoms with van der Waals surface area (Å²) in [6.45, 7) is 5.43. The van der Waals surface area contributed by atoms with E-state index in [1.54, 1.807) is 20.8 Å². The van der Waals surface area contributed by atoms with Crippen molar-refractivity contribution in [2.75, 3.05) is 18.9 Å². The second kappa shape index (κ2) is 7.03. The van der Waals surface area contributed by atoms with E-state index in [-0.39, 0.29) is 18.4 Å². The van der Waals surface area contributed by atoms with Gasteiger partial charge in [-0.05, 0) is 38.8 Å². The third-order valence-corrected chi connectivity index (χ3v) is 6.71. The summed E-state index contributed by atoms with van der Waals surface area (Å²) in [5.74, 6) is 0.0703. The first-order valence-corrected chi connectivity index (χ1v) is 9.51. The molecule has 1 aromatic carbocycles. The molecule has 0 saturated carbocycles. The van der Waals surface area contributed by atoms with Gasteiger partial charge in [0.15, 0.2) is 9.84 Å². The van der Waals surface area contributed by atoms with Crippen molar-refractivity contribution in [3.63, 3.8) is 0 Å². The minimum Gasteiger partial charge on any atom is -0.395 e. The molecule has 128 valence electrons. The van der Waals surface area contributed by atoms with Gasteiger partial charge in [-0.3, -0.25) is 0 Å². The standard InChI is InChI=1S/C17H26N2O3S/c1-17(2,3)23(21,22)9-8-18-14(12-20)10-13-11-19-16-7-5-4-6-15(13)16/h4-7,11,14,18-20H,8-10,12H2,1-3H3. The van der Waals surface area contributed by atoms with Gasteiger partial charge in [0.1, 0.15) is 0 Å². The quantitative estimate of drug-likeness (QED) is 0.720. The molecule has 23 heavy (non-hydrogen) atoms. The number of aromatic amines is 1. The van der Waals surface area contributed by atoms with Crippen molar-refractivity contribution < 1.29 is 13.5 Å². The van der Waals surface area contributed by atoms with Crippen LogP contribution in [0.3, 0.4) is 0 Å². The highest BCUT2D eigenvalue weighted by Gasteiger charge is 2.28. The van der Waals surface area contributed by atoms with Gasteiger partial charge in [-0.15, -0.1) is 0 Å². The van der Waals surface area contributed by atoms with Gasteiger partial charge >= 0.3 is 0 Å². The molecule has 0 aliphatic carbocycles. The van der Waals surface area contributed by atoms with E-state index in [4.69, 9.17) is 0 Å². The molecule has 5 nitrogen and oxygen atoms in total. The Morgan fingerprint density at radius 2 is 1.96 bits per heavy atom. The number of benzene rings is 1. The van der Waals surface area contributed by atoms with Crippen molar-refractivity contribution in [3.05, 3.63) is 36.0 Å². The Hall–Kier alpha value is -1.37. The number of aromatic nitrogens is 1. The van der Waals surface area contributed by atoms with Gasteiger partial charge in [0.2, 0.25) is 0 Å². The smallest absolute Gasteiger partial charge is 0.156 e. The lowest BCUT2D eigenvalue weighted by Crippen LogP contribution is -2.40. The third kappa shape index (κ3) is 4.34. The fraction of sp³-hybridized carbons (Fsp3) is 0.529. The maximum atomic E-state index is 12.1. The highest BCUT2D eigenvalue weighted by molar-refractivity contribution is 7.92. The number of fused-ring (bicyclic) bond motifs is 1. The first-order valence-electron chi connectivity index (χ1n) is 7.86. The van der Waals surface area contributed by atoms with Crippen LogP contribution in [0.25, 0.3) is 10.9 Å². The fourth-order valence-electron chi connectivity index (χ4n) is 2.47. The molecule has 0 spiro atoms. The Morgan fingerprint density at radius 3 is 2.61 bits per heavy atom. The molecule has 0 aliphatic rings. The van der Waals surface area contributed by atoms with Crippen molar-refractivity contribution in [2.24, 2.45) is 0 Å². The van der Waals surface area contributed by atoms with Gasteiger partial charge in [0.25, 0.3) is 0 Å². The average Bonchev–Trinajstić information content (AvgIpc) is 2.88. The zero-order valence-corrected chi connectivity index (χ0v) is 14.8. The van der Waals surface area contributed by atoms with E-state index in [1.165, 1.54) is 0 Å². The number of aliphatic hydroxyl groups is 1. The summed E-state index contributed by atoms with van der Waals surface area (Å²) in [5.41, 5.74) is 2.18. The Bertz CT molecular complexity index is 745. The highest BCUT2D eigenvalue weighted by atomic mass is 32.2. The molecule has 3 N–H and O–H groups in total. The minimum absolute atomic E-state index is 0.0327. The summed E-state index contributed by atoms with van der Waals surface area (Å²) in [5, 5.41) is 13.9. The topological polar surface area (TPSA) is 82.2 Å². The molecule has 0 amide bonds. The number of aliphatic hydroxyl groups excluding tert-OH is 1. The number of rotatable bonds is 7. The van der Waals surface area contributed by atoms with Crippen LogP contribution in [0.4, 0.5) is 0 Å². The summed E-state index contributed by atoms with van der Waals surface area (Å²) in [6, 6.07) is 7.85. The number of hydrogen-bond donors (Lipinski definition) is 3. The molecule has 1 heterocycles. The molecule has 1 unspecified atom stereocenters. The van der Waals surface area contributed by atoms with Crippen LogP contribution in [0.2, 0.25) is 0 Å². The van der Waals surface area contributed by atoms with Gasteiger partial charge in [-0.1, -0.05) is 18.2 Å². The molecule has 1 aromatic heterocycles. The van der Waals surface area contributed by atoms with Crippen LogP contribution in [0.1, 0.15) is 26.3 Å². The molecule has 2 aromatic rings. The van der Waals surface area contributed by atoms with Crippen LogP contribution in [0.15, 0.2) is 30.5 Å². The Balaban J connectivity index is 1.96. The van der Waals surface area contributed by atoms with E-state index in [2.05, 4.69) is 10.3 Å². The zero-order chi connectivity index (χ0) is 17.1. The van der Waals surface area contributed by atoms with Crippen LogP contribution >= 0.6 is 0 Å². The van der Waals surface area contributed by atoms with E-state index in [9.17, 15) is 13.5 Å². The highest BCUT2D eigenvalue weighted by Crippen LogP contribution is 2.19. The van der Waals surface area contributed by atoms with E-state index in [0.29, 0.717) is 13.0 Å². The van der Waals surface area contributed by atoms with Crippen LogP contribution in [-0.4, -0.2) is 48.2 Å². The lowest BCUT2D eigenvalue weighted by atomic mass is 10.1. The van der Waals surface area contributed by atoms with Crippen molar-refractivity contribution in [2.45, 2.75) is 38.0 Å². The van der Waals surface area contributed by atoms with Crippen LogP contribution in [0, 0.1) is 0 Å². The van der Waals surface area contributed by atoms with Crippen molar-refractivity contribution in [3.8, 4) is 0 Å². The first kappa shape index (κ1) is 18.0. The second-order valence-corrected chi connectivity index (χ2v) is 9.69. The van der Waals surface area contributed by atoms with E-state index >= 15 is 0 Å². The Morgan fingerprint density at radius 1 is 1.26 bits per heavy atom. The molecule has 0 saturated heterocycles. The average molecular weight is 338 g/mol. The molecule has 1 atom stereocenters. The predicted molar refractivity (Wildman–Crippen MR) is 94.4 cm³/mol. The van der Waals surface area contributed by atoms with E-state index < -0.39 is 14.6 Å². The zero-order valence-electron chi connectivity index (χ0n) is 14.0. The predicted octanol–water partition coefficient (Wildman–Crippen LogP) is 1.87. The number of para-hydroxylation sites is 1. The van der Waals surface area contributed by atoms with Gasteiger partial charge in [0.05, 0.1) is 17.1 Å². The van der Waals surface area contributed by atoms with Gasteiger partial charge in [-0.25, -0.2) is 8.42 Å². The van der Waals surface area contributed by atoms with Crippen LogP contribution in [-0.2, 0) is 16.3 Å². The molecular formula is C17H26N2O3S. The number of sulfone groups is 1. The van der Waals surface area contributed by atoms with Crippen molar-refractivity contribution in [1.82, 2.24) is 10.3 Å². The second-order valence-electron chi connectivity index (χ2n) is 6.83. The molecule has 0 bridgehead atoms. The summed E-state index contributed by atoms with van der Waals surface area (Å²) >= 11 is 0. The van der Waals surface area contributed by atoms with Crippen LogP contribution in [0.5, 0.6) is 0 Å². The minimum atomic E-state index is -3.15. The molecule has 0 radical (unpaired) electrons. The van der Waals surface area contributed by atoms with Gasteiger partial charge in [-0.2, -0.15) is 0 Å². The molecular weight excluding hydrogens is 312 g/mol. The molecule has 0 fully saturated rings. The first-order chi connectivity index (χ1) is 10.7. The maximum absolute atomic E-state index is 12.1. The normalized spacial score (nSPS) is 14.3. The van der Waals surface area contributed by atoms with Crippen molar-refractivity contribution in [1.29, 1.82) is 0 Å². The number of hydrogen-bond acceptors (Lipinski definition) is 4. The summed E-state index contributed by atoms with van der Waals surface area (Å²) in [6.07, 6.45) is 2.59. The third-order valence-electron chi connectivity index (χ3n) is 4.10. The van der Waals surface area contributed by atoms with Crippen LogP contribution < -0.4 is 5.32 Å². The van der Waals surface area contributed by atoms with Gasteiger partial charge < -0.3 is 15.4 Å². The van der Waals surface area contributed by atoms with E-state index in [0.717, 1.165) is 16.5 Å². The van der Waals surface area contributed by atoms with Crippen molar-refractivity contribution >= 4 is 20.7 Å². The number of H-pyrrole nitrogens is 1. The SMILES string of the molecule is CC(C)(C)S(=O)(=O)CCNC(CO)Cc1c[nH]c2ccccc12. The number of nitrogens with one attached hydrogen (secondary N) is 2. The van der Waals surface area contributed by atoms with E-state index in [1.807, 2.05) is 30.5 Å². The summed E-state index contributed by atoms with van der Waals surface area (Å²) in [7, 11) is -3.15. The molecule has 2 rings (SSSR count).